The van der Waals surface area contributed by atoms with Crippen LogP contribution in [0.4, 0.5) is 5.69 Å². The van der Waals surface area contributed by atoms with E-state index in [1.807, 2.05) is 54.6 Å². The number of hydrogen-bond acceptors (Lipinski definition) is 7. The highest BCUT2D eigenvalue weighted by molar-refractivity contribution is 7.80. The number of rotatable bonds is 10. The van der Waals surface area contributed by atoms with Gasteiger partial charge in [-0.05, 0) is 36.8 Å². The number of nitrogens with one attached hydrogen (secondary N) is 2. The molecule has 7 nitrogen and oxygen atoms in total. The standard InChI is InChI=1S/C23H27N5O2S/c1-16(22(29)27-13-17-9-11-25-12-10-17)30-23-21(26-14-19(24)15-31)8-7-20(28-23)18-5-3-2-4-6-18/h2-12,16,19,26,31H,13-15,24H2,1H3,(H,27,29)/t16-,19?/m1/s1. The number of thiol groups is 1. The molecule has 3 rings (SSSR count). The van der Waals surface area contributed by atoms with E-state index in [9.17, 15) is 4.79 Å². The molecular weight excluding hydrogens is 410 g/mol. The van der Waals surface area contributed by atoms with Crippen molar-refractivity contribution >= 4 is 24.2 Å². The smallest absolute Gasteiger partial charge is 0.261 e. The first-order valence-corrected chi connectivity index (χ1v) is 10.7. The van der Waals surface area contributed by atoms with Gasteiger partial charge in [-0.15, -0.1) is 0 Å². The van der Waals surface area contributed by atoms with Crippen LogP contribution in [0.5, 0.6) is 5.88 Å². The molecule has 0 saturated carbocycles. The summed E-state index contributed by atoms with van der Waals surface area (Å²) in [7, 11) is 0. The molecule has 31 heavy (non-hydrogen) atoms. The maximum absolute atomic E-state index is 12.6. The topological polar surface area (TPSA) is 102 Å². The third-order valence-corrected chi connectivity index (χ3v) is 5.06. The van der Waals surface area contributed by atoms with Gasteiger partial charge in [0.15, 0.2) is 6.10 Å². The molecule has 4 N–H and O–H groups in total. The minimum Gasteiger partial charge on any atom is -0.463 e. The lowest BCUT2D eigenvalue weighted by molar-refractivity contribution is -0.127. The van der Waals surface area contributed by atoms with Gasteiger partial charge in [-0.25, -0.2) is 4.98 Å². The Morgan fingerprint density at radius 2 is 1.87 bits per heavy atom. The van der Waals surface area contributed by atoms with E-state index in [4.69, 9.17) is 10.5 Å². The van der Waals surface area contributed by atoms with Crippen molar-refractivity contribution < 1.29 is 9.53 Å². The fourth-order valence-corrected chi connectivity index (χ4v) is 2.92. The van der Waals surface area contributed by atoms with E-state index in [1.165, 1.54) is 0 Å². The van der Waals surface area contributed by atoms with E-state index in [0.29, 0.717) is 30.4 Å². The number of ether oxygens (including phenoxy) is 1. The average molecular weight is 438 g/mol. The van der Waals surface area contributed by atoms with Gasteiger partial charge in [0.25, 0.3) is 5.91 Å². The van der Waals surface area contributed by atoms with E-state index in [1.54, 1.807) is 19.3 Å². The van der Waals surface area contributed by atoms with Crippen molar-refractivity contribution in [2.24, 2.45) is 5.73 Å². The van der Waals surface area contributed by atoms with Gasteiger partial charge >= 0.3 is 0 Å². The number of pyridine rings is 2. The number of anilines is 1. The Kier molecular flexibility index (Phi) is 8.26. The van der Waals surface area contributed by atoms with Gasteiger partial charge in [0.2, 0.25) is 5.88 Å². The Labute approximate surface area is 187 Å². The van der Waals surface area contributed by atoms with Crippen LogP contribution in [0.1, 0.15) is 12.5 Å². The number of amides is 1. The average Bonchev–Trinajstić information content (AvgIpc) is 2.82. The molecular formula is C23H27N5O2S. The summed E-state index contributed by atoms with van der Waals surface area (Å²) in [6, 6.07) is 17.2. The zero-order chi connectivity index (χ0) is 22.1. The predicted molar refractivity (Wildman–Crippen MR) is 126 cm³/mol. The van der Waals surface area contributed by atoms with Crippen LogP contribution in [0, 0.1) is 0 Å². The normalized spacial score (nSPS) is 12.6. The van der Waals surface area contributed by atoms with Gasteiger partial charge in [0.05, 0.1) is 11.4 Å². The summed E-state index contributed by atoms with van der Waals surface area (Å²) in [4.78, 5) is 21.2. The van der Waals surface area contributed by atoms with E-state index in [-0.39, 0.29) is 11.9 Å². The molecule has 1 aromatic carbocycles. The van der Waals surface area contributed by atoms with Gasteiger partial charge in [0.1, 0.15) is 0 Å². The van der Waals surface area contributed by atoms with E-state index < -0.39 is 6.10 Å². The second-order valence-corrected chi connectivity index (χ2v) is 7.44. The lowest BCUT2D eigenvalue weighted by Gasteiger charge is -2.19. The Bertz CT molecular complexity index is 972. The Morgan fingerprint density at radius 1 is 1.13 bits per heavy atom. The van der Waals surface area contributed by atoms with Crippen molar-refractivity contribution in [2.75, 3.05) is 17.6 Å². The molecule has 8 heteroatoms. The Morgan fingerprint density at radius 3 is 2.58 bits per heavy atom. The van der Waals surface area contributed by atoms with Crippen molar-refractivity contribution in [1.82, 2.24) is 15.3 Å². The molecule has 0 fully saturated rings. The monoisotopic (exact) mass is 437 g/mol. The largest absolute Gasteiger partial charge is 0.463 e. The zero-order valence-electron chi connectivity index (χ0n) is 17.4. The number of nitrogens with zero attached hydrogens (tertiary/aromatic N) is 2. The molecule has 0 aliphatic heterocycles. The molecule has 1 amide bonds. The third-order valence-electron chi connectivity index (χ3n) is 4.59. The van der Waals surface area contributed by atoms with Crippen molar-refractivity contribution in [3.63, 3.8) is 0 Å². The quantitative estimate of drug-likeness (QED) is 0.364. The number of nitrogens with two attached hydrogens (primary N) is 1. The van der Waals surface area contributed by atoms with Crippen LogP contribution in [0.25, 0.3) is 11.3 Å². The summed E-state index contributed by atoms with van der Waals surface area (Å²) in [5.74, 6) is 0.660. The van der Waals surface area contributed by atoms with Crippen LogP contribution < -0.4 is 21.1 Å². The molecule has 2 atom stereocenters. The van der Waals surface area contributed by atoms with Crippen LogP contribution in [-0.4, -0.2) is 40.3 Å². The fourth-order valence-electron chi connectivity index (χ4n) is 2.79. The maximum atomic E-state index is 12.6. The van der Waals surface area contributed by atoms with Crippen LogP contribution in [0.3, 0.4) is 0 Å². The number of hydrogen-bond donors (Lipinski definition) is 4. The molecule has 0 spiro atoms. The maximum Gasteiger partial charge on any atom is 0.261 e. The number of aromatic nitrogens is 2. The van der Waals surface area contributed by atoms with Gasteiger partial charge in [-0.1, -0.05) is 30.3 Å². The molecule has 162 valence electrons. The molecule has 2 heterocycles. The van der Waals surface area contributed by atoms with Crippen LogP contribution >= 0.6 is 12.6 Å². The van der Waals surface area contributed by atoms with Crippen LogP contribution in [0.2, 0.25) is 0 Å². The van der Waals surface area contributed by atoms with Crippen molar-refractivity contribution in [3.05, 3.63) is 72.6 Å². The summed E-state index contributed by atoms with van der Waals surface area (Å²) in [6.07, 6.45) is 2.64. The highest BCUT2D eigenvalue weighted by Gasteiger charge is 2.18. The molecule has 3 aromatic rings. The van der Waals surface area contributed by atoms with Crippen molar-refractivity contribution in [2.45, 2.75) is 25.6 Å². The lowest BCUT2D eigenvalue weighted by Crippen LogP contribution is -2.36. The highest BCUT2D eigenvalue weighted by Crippen LogP contribution is 2.28. The Balaban J connectivity index is 1.74. The second kappa shape index (κ2) is 11.3. The summed E-state index contributed by atoms with van der Waals surface area (Å²) in [6.45, 7) is 2.60. The van der Waals surface area contributed by atoms with Crippen LogP contribution in [-0.2, 0) is 11.3 Å². The molecule has 0 aliphatic rings. The van der Waals surface area contributed by atoms with Crippen molar-refractivity contribution in [3.8, 4) is 17.1 Å². The van der Waals surface area contributed by atoms with Gasteiger partial charge in [0, 0.05) is 42.8 Å². The Hall–Kier alpha value is -3.10. The molecule has 2 aromatic heterocycles. The third kappa shape index (κ3) is 6.70. The summed E-state index contributed by atoms with van der Waals surface area (Å²) >= 11 is 4.22. The first-order valence-electron chi connectivity index (χ1n) is 10.1. The molecule has 0 bridgehead atoms. The van der Waals surface area contributed by atoms with E-state index in [2.05, 4.69) is 33.2 Å². The second-order valence-electron chi connectivity index (χ2n) is 7.07. The fraction of sp³-hybridized carbons (Fsp3) is 0.261. The number of benzene rings is 1. The summed E-state index contributed by atoms with van der Waals surface area (Å²) in [5.41, 5.74) is 9.31. The summed E-state index contributed by atoms with van der Waals surface area (Å²) < 4.78 is 5.97. The van der Waals surface area contributed by atoms with Crippen molar-refractivity contribution in [1.29, 1.82) is 0 Å². The number of carbonyl (C=O) groups excluding carboxylic acids is 1. The first kappa shape index (κ1) is 22.6. The van der Waals surface area contributed by atoms with Gasteiger partial charge < -0.3 is 21.1 Å². The minimum absolute atomic E-state index is 0.119. The molecule has 0 radical (unpaired) electrons. The van der Waals surface area contributed by atoms with Gasteiger partial charge in [-0.3, -0.25) is 9.78 Å². The minimum atomic E-state index is -0.737. The first-order chi connectivity index (χ1) is 15.1. The predicted octanol–water partition coefficient (Wildman–Crippen LogP) is 2.90. The lowest BCUT2D eigenvalue weighted by atomic mass is 10.1. The number of carbonyl (C=O) groups is 1. The molecule has 0 aliphatic carbocycles. The zero-order valence-corrected chi connectivity index (χ0v) is 18.3. The van der Waals surface area contributed by atoms with Gasteiger partial charge in [-0.2, -0.15) is 12.6 Å². The van der Waals surface area contributed by atoms with E-state index >= 15 is 0 Å². The SMILES string of the molecule is C[C@@H](Oc1nc(-c2ccccc2)ccc1NCC(N)CS)C(=O)NCc1ccncc1. The highest BCUT2D eigenvalue weighted by atomic mass is 32.1. The van der Waals surface area contributed by atoms with E-state index in [0.717, 1.165) is 16.8 Å². The molecule has 1 unspecified atom stereocenters. The van der Waals surface area contributed by atoms with Crippen LogP contribution in [0.15, 0.2) is 67.0 Å². The summed E-state index contributed by atoms with van der Waals surface area (Å²) in [5, 5.41) is 6.12. The molecule has 0 saturated heterocycles.